The van der Waals surface area contributed by atoms with Gasteiger partial charge in [-0.25, -0.2) is 0 Å². The second-order valence-corrected chi connectivity index (χ2v) is 5.61. The highest BCUT2D eigenvalue weighted by Gasteiger charge is 2.30. The highest BCUT2D eigenvalue weighted by molar-refractivity contribution is 4.95. The molecule has 1 aliphatic rings. The summed E-state index contributed by atoms with van der Waals surface area (Å²) < 4.78 is 5.30. The van der Waals surface area contributed by atoms with Gasteiger partial charge < -0.3 is 9.84 Å². The highest BCUT2D eigenvalue weighted by atomic mass is 16.5. The maximum Gasteiger partial charge on any atom is 0.240 e. The third-order valence-electron chi connectivity index (χ3n) is 3.30. The molecule has 1 aromatic heterocycles. The molecule has 2 heterocycles. The lowest BCUT2D eigenvalue weighted by molar-refractivity contribution is 0.0711. The minimum Gasteiger partial charge on any atom is -0.338 e. The van der Waals surface area contributed by atoms with Crippen molar-refractivity contribution >= 4 is 0 Å². The minimum atomic E-state index is 0.144. The van der Waals surface area contributed by atoms with Gasteiger partial charge in [0.25, 0.3) is 0 Å². The quantitative estimate of drug-likeness (QED) is 0.862. The topological polar surface area (TPSA) is 54.2 Å². The molecular formula is C12H22N4O. The molecule has 17 heavy (non-hydrogen) atoms. The van der Waals surface area contributed by atoms with Gasteiger partial charge in [0.15, 0.2) is 5.82 Å². The van der Waals surface area contributed by atoms with Gasteiger partial charge >= 0.3 is 0 Å². The molecule has 5 heteroatoms. The molecule has 0 aliphatic carbocycles. The Kier molecular flexibility index (Phi) is 3.49. The average molecular weight is 238 g/mol. The molecule has 0 spiro atoms. The van der Waals surface area contributed by atoms with Crippen LogP contribution in [0, 0.1) is 0 Å². The smallest absolute Gasteiger partial charge is 0.240 e. The lowest BCUT2D eigenvalue weighted by atomic mass is 10.0. The summed E-state index contributed by atoms with van der Waals surface area (Å²) in [5.41, 5.74) is 0.144. The van der Waals surface area contributed by atoms with Crippen molar-refractivity contribution < 1.29 is 4.52 Å². The predicted octanol–water partition coefficient (Wildman–Crippen LogP) is 1.38. The van der Waals surface area contributed by atoms with Crippen molar-refractivity contribution in [3.05, 3.63) is 11.7 Å². The van der Waals surface area contributed by atoms with Crippen LogP contribution in [0.1, 0.15) is 45.3 Å². The van der Waals surface area contributed by atoms with E-state index in [9.17, 15) is 0 Å². The van der Waals surface area contributed by atoms with E-state index in [1.165, 1.54) is 0 Å². The van der Waals surface area contributed by atoms with Gasteiger partial charge in [-0.3, -0.25) is 4.90 Å². The van der Waals surface area contributed by atoms with Crippen molar-refractivity contribution in [2.75, 3.05) is 19.6 Å². The van der Waals surface area contributed by atoms with Crippen molar-refractivity contribution in [3.63, 3.8) is 0 Å². The molecule has 1 aromatic rings. The summed E-state index contributed by atoms with van der Waals surface area (Å²) >= 11 is 0. The van der Waals surface area contributed by atoms with Crippen molar-refractivity contribution in [2.24, 2.45) is 0 Å². The first-order chi connectivity index (χ1) is 7.99. The SMILES string of the molecule is CC(C)c1noc(CN2CCNCC2(C)C)n1. The first-order valence-corrected chi connectivity index (χ1v) is 6.27. The van der Waals surface area contributed by atoms with Crippen LogP contribution < -0.4 is 5.32 Å². The summed E-state index contributed by atoms with van der Waals surface area (Å²) in [4.78, 5) is 6.82. The van der Waals surface area contributed by atoms with Crippen molar-refractivity contribution in [2.45, 2.75) is 45.7 Å². The Labute approximate surface area is 103 Å². The van der Waals surface area contributed by atoms with E-state index in [1.54, 1.807) is 0 Å². The van der Waals surface area contributed by atoms with Gasteiger partial charge in [-0.2, -0.15) is 4.98 Å². The van der Waals surface area contributed by atoms with Crippen LogP contribution in [0.4, 0.5) is 0 Å². The van der Waals surface area contributed by atoms with Crippen molar-refractivity contribution in [1.82, 2.24) is 20.4 Å². The summed E-state index contributed by atoms with van der Waals surface area (Å²) in [7, 11) is 0. The number of nitrogens with zero attached hydrogens (tertiary/aromatic N) is 3. The van der Waals surface area contributed by atoms with Crippen LogP contribution in [0.5, 0.6) is 0 Å². The van der Waals surface area contributed by atoms with Gasteiger partial charge in [-0.05, 0) is 13.8 Å². The first-order valence-electron chi connectivity index (χ1n) is 6.27. The molecule has 0 aromatic carbocycles. The zero-order chi connectivity index (χ0) is 12.5. The number of piperazine rings is 1. The Morgan fingerprint density at radius 1 is 1.47 bits per heavy atom. The number of nitrogens with one attached hydrogen (secondary N) is 1. The van der Waals surface area contributed by atoms with Crippen LogP contribution in [0.25, 0.3) is 0 Å². The fourth-order valence-electron chi connectivity index (χ4n) is 2.05. The van der Waals surface area contributed by atoms with E-state index in [1.807, 2.05) is 0 Å². The van der Waals surface area contributed by atoms with E-state index < -0.39 is 0 Å². The van der Waals surface area contributed by atoms with Gasteiger partial charge in [0.2, 0.25) is 5.89 Å². The van der Waals surface area contributed by atoms with E-state index in [0.717, 1.165) is 37.9 Å². The fraction of sp³-hybridized carbons (Fsp3) is 0.833. The zero-order valence-electron chi connectivity index (χ0n) is 11.2. The Bertz CT molecular complexity index is 372. The van der Waals surface area contributed by atoms with Crippen LogP contribution >= 0.6 is 0 Å². The molecule has 0 amide bonds. The summed E-state index contributed by atoms with van der Waals surface area (Å²) in [5.74, 6) is 1.85. The van der Waals surface area contributed by atoms with Gasteiger partial charge in [0, 0.05) is 31.1 Å². The Balaban J connectivity index is 2.04. The normalized spacial score (nSPS) is 21.0. The maximum atomic E-state index is 5.30. The molecule has 0 saturated carbocycles. The zero-order valence-corrected chi connectivity index (χ0v) is 11.2. The lowest BCUT2D eigenvalue weighted by Crippen LogP contribution is -2.57. The lowest BCUT2D eigenvalue weighted by Gasteiger charge is -2.41. The standard InChI is InChI=1S/C12H22N4O/c1-9(2)11-14-10(17-15-11)7-16-6-5-13-8-12(16,3)4/h9,13H,5-8H2,1-4H3. The molecule has 0 unspecified atom stereocenters. The van der Waals surface area contributed by atoms with E-state index in [2.05, 4.69) is 48.1 Å². The van der Waals surface area contributed by atoms with E-state index in [4.69, 9.17) is 4.52 Å². The summed E-state index contributed by atoms with van der Waals surface area (Å²) in [6, 6.07) is 0. The second kappa shape index (κ2) is 4.74. The minimum absolute atomic E-state index is 0.144. The average Bonchev–Trinajstić information content (AvgIpc) is 2.70. The van der Waals surface area contributed by atoms with E-state index in [-0.39, 0.29) is 5.54 Å². The molecule has 5 nitrogen and oxygen atoms in total. The molecule has 0 atom stereocenters. The van der Waals surface area contributed by atoms with E-state index >= 15 is 0 Å². The Morgan fingerprint density at radius 2 is 2.24 bits per heavy atom. The third kappa shape index (κ3) is 2.84. The molecular weight excluding hydrogens is 216 g/mol. The molecule has 0 radical (unpaired) electrons. The largest absolute Gasteiger partial charge is 0.338 e. The number of hydrogen-bond acceptors (Lipinski definition) is 5. The predicted molar refractivity (Wildman–Crippen MR) is 65.7 cm³/mol. The van der Waals surface area contributed by atoms with Crippen LogP contribution in [0.3, 0.4) is 0 Å². The summed E-state index contributed by atoms with van der Waals surface area (Å²) in [6.45, 7) is 12.4. The Hall–Kier alpha value is -0.940. The van der Waals surface area contributed by atoms with Crippen molar-refractivity contribution in [1.29, 1.82) is 0 Å². The van der Waals surface area contributed by atoms with E-state index in [0.29, 0.717) is 5.92 Å². The molecule has 0 bridgehead atoms. The third-order valence-corrected chi connectivity index (χ3v) is 3.30. The number of hydrogen-bond donors (Lipinski definition) is 1. The first kappa shape index (κ1) is 12.5. The molecule has 2 rings (SSSR count). The molecule has 1 aliphatic heterocycles. The summed E-state index contributed by atoms with van der Waals surface area (Å²) in [5, 5.41) is 7.41. The highest BCUT2D eigenvalue weighted by Crippen LogP contribution is 2.19. The van der Waals surface area contributed by atoms with Crippen LogP contribution in [0.15, 0.2) is 4.52 Å². The van der Waals surface area contributed by atoms with Crippen LogP contribution in [-0.2, 0) is 6.54 Å². The monoisotopic (exact) mass is 238 g/mol. The van der Waals surface area contributed by atoms with Crippen molar-refractivity contribution in [3.8, 4) is 0 Å². The van der Waals surface area contributed by atoms with Crippen LogP contribution in [0.2, 0.25) is 0 Å². The van der Waals surface area contributed by atoms with Gasteiger partial charge in [-0.1, -0.05) is 19.0 Å². The number of aromatic nitrogens is 2. The molecule has 1 fully saturated rings. The second-order valence-electron chi connectivity index (χ2n) is 5.61. The van der Waals surface area contributed by atoms with Crippen LogP contribution in [-0.4, -0.2) is 40.2 Å². The van der Waals surface area contributed by atoms with Gasteiger partial charge in [0.1, 0.15) is 0 Å². The molecule has 1 saturated heterocycles. The molecule has 96 valence electrons. The Morgan fingerprint density at radius 3 is 2.82 bits per heavy atom. The maximum absolute atomic E-state index is 5.30. The van der Waals surface area contributed by atoms with Gasteiger partial charge in [0.05, 0.1) is 6.54 Å². The molecule has 1 N–H and O–H groups in total. The summed E-state index contributed by atoms with van der Waals surface area (Å²) in [6.07, 6.45) is 0. The van der Waals surface area contributed by atoms with Gasteiger partial charge in [-0.15, -0.1) is 0 Å². The number of rotatable bonds is 3. The fourth-order valence-corrected chi connectivity index (χ4v) is 2.05.